The molecule has 15 heavy (non-hydrogen) atoms. The molecule has 0 saturated heterocycles. The maximum absolute atomic E-state index is 8.71. The van der Waals surface area contributed by atoms with Gasteiger partial charge in [0, 0.05) is 11.6 Å². The first-order valence-corrected chi connectivity index (χ1v) is 5.11. The standard InChI is InChI=1S/C13H13NO/c1-15-13-7-3-5-11-10(8-9-14)4-2-6-12(11)13/h3,5,7-8H,2,4,6H2,1H3/b10-8-. The molecule has 0 heterocycles. The number of nitriles is 1. The van der Waals surface area contributed by atoms with E-state index in [-0.39, 0.29) is 0 Å². The summed E-state index contributed by atoms with van der Waals surface area (Å²) in [6, 6.07) is 8.14. The molecule has 0 atom stereocenters. The number of hydrogen-bond acceptors (Lipinski definition) is 2. The van der Waals surface area contributed by atoms with Crippen molar-refractivity contribution in [2.24, 2.45) is 0 Å². The zero-order valence-corrected chi connectivity index (χ0v) is 8.79. The molecular weight excluding hydrogens is 186 g/mol. The molecule has 0 unspecified atom stereocenters. The fraction of sp³-hybridized carbons (Fsp3) is 0.308. The molecular formula is C13H13NO. The van der Waals surface area contributed by atoms with Gasteiger partial charge in [0.1, 0.15) is 5.75 Å². The molecule has 1 aliphatic rings. The molecule has 2 nitrogen and oxygen atoms in total. The first-order chi connectivity index (χ1) is 7.36. The van der Waals surface area contributed by atoms with Gasteiger partial charge in [0.25, 0.3) is 0 Å². The molecule has 1 aromatic carbocycles. The Balaban J connectivity index is 2.54. The van der Waals surface area contributed by atoms with Gasteiger partial charge >= 0.3 is 0 Å². The van der Waals surface area contributed by atoms with Crippen molar-refractivity contribution in [2.45, 2.75) is 19.3 Å². The van der Waals surface area contributed by atoms with Crippen LogP contribution < -0.4 is 4.74 Å². The molecule has 0 bridgehead atoms. The zero-order chi connectivity index (χ0) is 10.7. The number of hydrogen-bond donors (Lipinski definition) is 0. The van der Waals surface area contributed by atoms with Crippen LogP contribution in [0, 0.1) is 11.3 Å². The van der Waals surface area contributed by atoms with E-state index in [4.69, 9.17) is 10.00 Å². The van der Waals surface area contributed by atoms with Crippen molar-refractivity contribution in [1.29, 1.82) is 5.26 Å². The number of rotatable bonds is 1. The Bertz CT molecular complexity index is 440. The lowest BCUT2D eigenvalue weighted by Gasteiger charge is -2.20. The molecule has 0 radical (unpaired) electrons. The molecule has 0 amide bonds. The molecule has 0 spiro atoms. The van der Waals surface area contributed by atoms with Gasteiger partial charge in [-0.1, -0.05) is 12.1 Å². The number of ether oxygens (including phenoxy) is 1. The molecule has 0 aromatic heterocycles. The lowest BCUT2D eigenvalue weighted by Crippen LogP contribution is -2.03. The van der Waals surface area contributed by atoms with Crippen LogP contribution in [0.4, 0.5) is 0 Å². The van der Waals surface area contributed by atoms with Gasteiger partial charge in [0.05, 0.1) is 13.2 Å². The van der Waals surface area contributed by atoms with Crippen LogP contribution in [0.2, 0.25) is 0 Å². The highest BCUT2D eigenvalue weighted by Crippen LogP contribution is 2.35. The average Bonchev–Trinajstić information content (AvgIpc) is 2.29. The van der Waals surface area contributed by atoms with Crippen LogP contribution in [-0.2, 0) is 6.42 Å². The van der Waals surface area contributed by atoms with Gasteiger partial charge < -0.3 is 4.74 Å². The largest absolute Gasteiger partial charge is 0.496 e. The minimum atomic E-state index is 0.941. The summed E-state index contributed by atoms with van der Waals surface area (Å²) in [7, 11) is 1.69. The third-order valence-corrected chi connectivity index (χ3v) is 2.81. The minimum Gasteiger partial charge on any atom is -0.496 e. The van der Waals surface area contributed by atoms with E-state index < -0.39 is 0 Å². The SMILES string of the molecule is COc1cccc2c1CCC/C2=C/C#N. The number of allylic oxidation sites excluding steroid dienone is 2. The van der Waals surface area contributed by atoms with Crippen LogP contribution >= 0.6 is 0 Å². The van der Waals surface area contributed by atoms with Crippen molar-refractivity contribution in [3.63, 3.8) is 0 Å². The summed E-state index contributed by atoms with van der Waals surface area (Å²) in [5.41, 5.74) is 3.56. The highest BCUT2D eigenvalue weighted by molar-refractivity contribution is 5.73. The van der Waals surface area contributed by atoms with Gasteiger partial charge in [-0.05, 0) is 36.5 Å². The molecule has 2 rings (SSSR count). The first-order valence-electron chi connectivity index (χ1n) is 5.11. The molecule has 0 fully saturated rings. The summed E-state index contributed by atoms with van der Waals surface area (Å²) in [4.78, 5) is 0. The van der Waals surface area contributed by atoms with E-state index >= 15 is 0 Å². The van der Waals surface area contributed by atoms with Crippen LogP contribution in [0.25, 0.3) is 5.57 Å². The van der Waals surface area contributed by atoms with Crippen LogP contribution in [0.3, 0.4) is 0 Å². The Morgan fingerprint density at radius 2 is 2.27 bits per heavy atom. The molecule has 1 aliphatic carbocycles. The summed E-state index contributed by atoms with van der Waals surface area (Å²) >= 11 is 0. The predicted molar refractivity (Wildman–Crippen MR) is 59.5 cm³/mol. The van der Waals surface area contributed by atoms with E-state index in [1.165, 1.54) is 11.1 Å². The van der Waals surface area contributed by atoms with E-state index in [2.05, 4.69) is 12.1 Å². The smallest absolute Gasteiger partial charge is 0.122 e. The van der Waals surface area contributed by atoms with Gasteiger partial charge in [-0.25, -0.2) is 0 Å². The van der Waals surface area contributed by atoms with Crippen LogP contribution in [0.15, 0.2) is 24.3 Å². The summed E-state index contributed by atoms with van der Waals surface area (Å²) < 4.78 is 5.33. The molecule has 76 valence electrons. The molecule has 0 aliphatic heterocycles. The number of nitrogens with zero attached hydrogens (tertiary/aromatic N) is 1. The van der Waals surface area contributed by atoms with E-state index in [9.17, 15) is 0 Å². The highest BCUT2D eigenvalue weighted by atomic mass is 16.5. The van der Waals surface area contributed by atoms with E-state index in [1.807, 2.05) is 12.1 Å². The van der Waals surface area contributed by atoms with Crippen molar-refractivity contribution >= 4 is 5.57 Å². The monoisotopic (exact) mass is 199 g/mol. The lowest BCUT2D eigenvalue weighted by atomic mass is 9.87. The van der Waals surface area contributed by atoms with Gasteiger partial charge in [-0.15, -0.1) is 0 Å². The van der Waals surface area contributed by atoms with Crippen molar-refractivity contribution in [2.75, 3.05) is 7.11 Å². The van der Waals surface area contributed by atoms with Crippen LogP contribution in [-0.4, -0.2) is 7.11 Å². The quantitative estimate of drug-likeness (QED) is 0.651. The Labute approximate surface area is 89.8 Å². The second kappa shape index (κ2) is 4.18. The first kappa shape index (κ1) is 9.79. The topological polar surface area (TPSA) is 33.0 Å². The number of benzene rings is 1. The fourth-order valence-electron chi connectivity index (χ4n) is 2.13. The van der Waals surface area contributed by atoms with E-state index in [0.29, 0.717) is 0 Å². The van der Waals surface area contributed by atoms with Crippen molar-refractivity contribution in [3.8, 4) is 11.8 Å². The summed E-state index contributed by atoms with van der Waals surface area (Å²) in [5, 5.41) is 8.71. The second-order valence-corrected chi connectivity index (χ2v) is 3.64. The third kappa shape index (κ3) is 1.73. The molecule has 1 aromatic rings. The summed E-state index contributed by atoms with van der Waals surface area (Å²) in [5.74, 6) is 0.941. The molecule has 0 saturated carbocycles. The van der Waals surface area contributed by atoms with Crippen molar-refractivity contribution < 1.29 is 4.74 Å². The van der Waals surface area contributed by atoms with Gasteiger partial charge in [-0.3, -0.25) is 0 Å². The van der Waals surface area contributed by atoms with Crippen molar-refractivity contribution in [1.82, 2.24) is 0 Å². The highest BCUT2D eigenvalue weighted by Gasteiger charge is 2.16. The van der Waals surface area contributed by atoms with E-state index in [1.54, 1.807) is 13.2 Å². The lowest BCUT2D eigenvalue weighted by molar-refractivity contribution is 0.408. The van der Waals surface area contributed by atoms with Gasteiger partial charge in [0.2, 0.25) is 0 Å². The average molecular weight is 199 g/mol. The Morgan fingerprint density at radius 1 is 1.40 bits per heavy atom. The van der Waals surface area contributed by atoms with E-state index in [0.717, 1.165) is 30.6 Å². The summed E-state index contributed by atoms with van der Waals surface area (Å²) in [6.45, 7) is 0. The van der Waals surface area contributed by atoms with Crippen molar-refractivity contribution in [3.05, 3.63) is 35.4 Å². The normalized spacial score (nSPS) is 16.9. The molecule has 0 N–H and O–H groups in total. The predicted octanol–water partition coefficient (Wildman–Crippen LogP) is 2.94. The Kier molecular flexibility index (Phi) is 2.73. The maximum atomic E-state index is 8.71. The Hall–Kier alpha value is -1.75. The third-order valence-electron chi connectivity index (χ3n) is 2.81. The zero-order valence-electron chi connectivity index (χ0n) is 8.79. The Morgan fingerprint density at radius 3 is 3.00 bits per heavy atom. The van der Waals surface area contributed by atoms with Gasteiger partial charge in [-0.2, -0.15) is 5.26 Å². The second-order valence-electron chi connectivity index (χ2n) is 3.64. The number of methoxy groups -OCH3 is 1. The fourth-order valence-corrected chi connectivity index (χ4v) is 2.13. The van der Waals surface area contributed by atoms with Crippen LogP contribution in [0.5, 0.6) is 5.75 Å². The molecule has 2 heteroatoms. The summed E-state index contributed by atoms with van der Waals surface area (Å²) in [6.07, 6.45) is 4.79. The van der Waals surface area contributed by atoms with Gasteiger partial charge in [0.15, 0.2) is 0 Å². The number of fused-ring (bicyclic) bond motifs is 1. The minimum absolute atomic E-state index is 0.941. The van der Waals surface area contributed by atoms with Crippen LogP contribution in [0.1, 0.15) is 24.0 Å². The maximum Gasteiger partial charge on any atom is 0.122 e.